The van der Waals surface area contributed by atoms with Crippen LogP contribution in [0.3, 0.4) is 0 Å². The minimum Gasteiger partial charge on any atom is -0.422 e. The van der Waals surface area contributed by atoms with Gasteiger partial charge in [0.1, 0.15) is 5.82 Å². The summed E-state index contributed by atoms with van der Waals surface area (Å²) in [4.78, 5) is 19.5. The topological polar surface area (TPSA) is 106 Å². The quantitative estimate of drug-likeness (QED) is 0.636. The van der Waals surface area contributed by atoms with E-state index in [1.165, 1.54) is 6.20 Å². The third-order valence-corrected chi connectivity index (χ3v) is 3.33. The molecule has 2 heterocycles. The van der Waals surface area contributed by atoms with Crippen molar-refractivity contribution >= 4 is 22.5 Å². The summed E-state index contributed by atoms with van der Waals surface area (Å²) in [6.07, 6.45) is 1.50. The molecule has 7 heteroatoms. The SMILES string of the molecule is CC(N)c1ccc(Nc2nc(=O)n(O)c3ncccc23)cc1. The molecule has 0 aliphatic heterocycles. The van der Waals surface area contributed by atoms with Crippen molar-refractivity contribution in [3.05, 3.63) is 58.6 Å². The van der Waals surface area contributed by atoms with Gasteiger partial charge in [0.25, 0.3) is 0 Å². The molecule has 1 unspecified atom stereocenters. The fraction of sp³-hybridized carbons (Fsp3) is 0.133. The van der Waals surface area contributed by atoms with Crippen molar-refractivity contribution in [3.63, 3.8) is 0 Å². The van der Waals surface area contributed by atoms with E-state index < -0.39 is 5.69 Å². The van der Waals surface area contributed by atoms with Crippen LogP contribution in [0.4, 0.5) is 11.5 Å². The number of pyridine rings is 1. The number of benzene rings is 1. The Morgan fingerprint density at radius 2 is 2.00 bits per heavy atom. The Morgan fingerprint density at radius 1 is 1.27 bits per heavy atom. The Bertz CT molecular complexity index is 871. The van der Waals surface area contributed by atoms with E-state index in [1.807, 2.05) is 31.2 Å². The van der Waals surface area contributed by atoms with Crippen molar-refractivity contribution in [2.45, 2.75) is 13.0 Å². The number of aromatic nitrogens is 3. The van der Waals surface area contributed by atoms with Crippen LogP contribution in [0, 0.1) is 0 Å². The van der Waals surface area contributed by atoms with Crippen LogP contribution >= 0.6 is 0 Å². The number of nitrogens with two attached hydrogens (primary N) is 1. The zero-order valence-electron chi connectivity index (χ0n) is 11.9. The van der Waals surface area contributed by atoms with Gasteiger partial charge >= 0.3 is 5.69 Å². The highest BCUT2D eigenvalue weighted by atomic mass is 16.5. The maximum Gasteiger partial charge on any atom is 0.384 e. The normalized spacial score (nSPS) is 12.3. The molecule has 0 aliphatic rings. The van der Waals surface area contributed by atoms with Crippen molar-refractivity contribution in [1.29, 1.82) is 0 Å². The Balaban J connectivity index is 2.04. The molecule has 0 spiro atoms. The Labute approximate surface area is 126 Å². The zero-order chi connectivity index (χ0) is 15.7. The first-order valence-electron chi connectivity index (χ1n) is 6.76. The number of nitrogens with zero attached hydrogens (tertiary/aromatic N) is 3. The van der Waals surface area contributed by atoms with E-state index in [4.69, 9.17) is 5.73 Å². The van der Waals surface area contributed by atoms with Gasteiger partial charge in [-0.15, -0.1) is 4.73 Å². The van der Waals surface area contributed by atoms with E-state index in [0.717, 1.165) is 11.3 Å². The molecule has 0 amide bonds. The molecule has 3 rings (SSSR count). The predicted octanol–water partition coefficient (Wildman–Crippen LogP) is 1.79. The van der Waals surface area contributed by atoms with Gasteiger partial charge in [-0.25, -0.2) is 9.78 Å². The van der Waals surface area contributed by atoms with Crippen molar-refractivity contribution in [2.75, 3.05) is 5.32 Å². The van der Waals surface area contributed by atoms with E-state index in [0.29, 0.717) is 15.9 Å². The number of hydrogen-bond donors (Lipinski definition) is 3. The van der Waals surface area contributed by atoms with Crippen LogP contribution in [0.1, 0.15) is 18.5 Å². The van der Waals surface area contributed by atoms with Gasteiger partial charge in [-0.05, 0) is 36.8 Å². The van der Waals surface area contributed by atoms with Crippen LogP contribution in [0.2, 0.25) is 0 Å². The lowest BCUT2D eigenvalue weighted by atomic mass is 10.1. The largest absolute Gasteiger partial charge is 0.422 e. The van der Waals surface area contributed by atoms with Crippen LogP contribution in [0.25, 0.3) is 11.0 Å². The molecule has 7 nitrogen and oxygen atoms in total. The van der Waals surface area contributed by atoms with Crippen molar-refractivity contribution in [1.82, 2.24) is 14.7 Å². The third kappa shape index (κ3) is 2.49. The lowest BCUT2D eigenvalue weighted by Gasteiger charge is -2.11. The van der Waals surface area contributed by atoms with Crippen LogP contribution in [0.15, 0.2) is 47.4 Å². The lowest BCUT2D eigenvalue weighted by molar-refractivity contribution is 0.182. The van der Waals surface area contributed by atoms with E-state index >= 15 is 0 Å². The first kappa shape index (κ1) is 14.0. The van der Waals surface area contributed by atoms with Crippen LogP contribution in [-0.2, 0) is 0 Å². The summed E-state index contributed by atoms with van der Waals surface area (Å²) in [7, 11) is 0. The highest BCUT2D eigenvalue weighted by Crippen LogP contribution is 2.22. The van der Waals surface area contributed by atoms with Gasteiger partial charge in [0.05, 0.1) is 5.39 Å². The maximum absolute atomic E-state index is 11.7. The smallest absolute Gasteiger partial charge is 0.384 e. The van der Waals surface area contributed by atoms with Gasteiger partial charge in [-0.1, -0.05) is 12.1 Å². The van der Waals surface area contributed by atoms with E-state index in [2.05, 4.69) is 15.3 Å². The van der Waals surface area contributed by atoms with E-state index in [-0.39, 0.29) is 11.7 Å². The van der Waals surface area contributed by atoms with Crippen molar-refractivity contribution in [3.8, 4) is 0 Å². The highest BCUT2D eigenvalue weighted by molar-refractivity contribution is 5.88. The van der Waals surface area contributed by atoms with Gasteiger partial charge in [-0.2, -0.15) is 4.98 Å². The molecule has 3 aromatic rings. The molecule has 2 aromatic heterocycles. The molecule has 1 aromatic carbocycles. The van der Waals surface area contributed by atoms with Crippen molar-refractivity contribution < 1.29 is 5.21 Å². The summed E-state index contributed by atoms with van der Waals surface area (Å²) < 4.78 is 0.430. The molecule has 112 valence electrons. The molecule has 0 fully saturated rings. The number of anilines is 2. The molecular weight excluding hydrogens is 282 g/mol. The summed E-state index contributed by atoms with van der Waals surface area (Å²) in [5.41, 5.74) is 6.94. The average Bonchev–Trinajstić information content (AvgIpc) is 2.53. The number of nitrogens with one attached hydrogen (secondary N) is 1. The second kappa shape index (κ2) is 5.45. The summed E-state index contributed by atoms with van der Waals surface area (Å²) >= 11 is 0. The Morgan fingerprint density at radius 3 is 2.68 bits per heavy atom. The summed E-state index contributed by atoms with van der Waals surface area (Å²) in [5, 5.41) is 13.3. The van der Waals surface area contributed by atoms with Crippen LogP contribution in [0.5, 0.6) is 0 Å². The van der Waals surface area contributed by atoms with E-state index in [9.17, 15) is 10.0 Å². The molecule has 0 saturated heterocycles. The molecule has 4 N–H and O–H groups in total. The fourth-order valence-corrected chi connectivity index (χ4v) is 2.15. The molecular formula is C15H15N5O2. The first-order chi connectivity index (χ1) is 10.6. The van der Waals surface area contributed by atoms with Crippen LogP contribution in [-0.4, -0.2) is 19.9 Å². The predicted molar refractivity (Wildman–Crippen MR) is 83.3 cm³/mol. The number of rotatable bonds is 3. The van der Waals surface area contributed by atoms with Crippen LogP contribution < -0.4 is 16.7 Å². The summed E-state index contributed by atoms with van der Waals surface area (Å²) in [6, 6.07) is 10.9. The van der Waals surface area contributed by atoms with E-state index in [1.54, 1.807) is 12.1 Å². The number of hydrogen-bond acceptors (Lipinski definition) is 6. The summed E-state index contributed by atoms with van der Waals surface area (Å²) in [6.45, 7) is 1.91. The fourth-order valence-electron chi connectivity index (χ4n) is 2.15. The summed E-state index contributed by atoms with van der Waals surface area (Å²) in [5.74, 6) is 0.340. The van der Waals surface area contributed by atoms with Gasteiger partial charge < -0.3 is 16.3 Å². The lowest BCUT2D eigenvalue weighted by Crippen LogP contribution is -2.23. The molecule has 1 atom stereocenters. The molecule has 22 heavy (non-hydrogen) atoms. The standard InChI is InChI=1S/C15H15N5O2/c1-9(16)10-4-6-11(7-5-10)18-13-12-3-2-8-17-14(12)20(22)15(21)19-13/h2-9,22H,16H2,1H3,(H,18,19,21). The molecule has 0 radical (unpaired) electrons. The Kier molecular flexibility index (Phi) is 3.48. The second-order valence-electron chi connectivity index (χ2n) is 4.97. The number of fused-ring (bicyclic) bond motifs is 1. The zero-order valence-corrected chi connectivity index (χ0v) is 11.9. The minimum atomic E-state index is -0.791. The highest BCUT2D eigenvalue weighted by Gasteiger charge is 2.10. The Hall–Kier alpha value is -2.93. The average molecular weight is 297 g/mol. The van der Waals surface area contributed by atoms with Gasteiger partial charge in [0, 0.05) is 17.9 Å². The van der Waals surface area contributed by atoms with Crippen molar-refractivity contribution in [2.24, 2.45) is 5.73 Å². The van der Waals surface area contributed by atoms with Gasteiger partial charge in [0.15, 0.2) is 5.65 Å². The third-order valence-electron chi connectivity index (χ3n) is 3.33. The molecule has 0 aliphatic carbocycles. The maximum atomic E-state index is 11.7. The molecule has 0 bridgehead atoms. The second-order valence-corrected chi connectivity index (χ2v) is 4.97. The van der Waals surface area contributed by atoms with Gasteiger partial charge in [0.2, 0.25) is 0 Å². The minimum absolute atomic E-state index is 0.0458. The van der Waals surface area contributed by atoms with Gasteiger partial charge in [-0.3, -0.25) is 0 Å². The monoisotopic (exact) mass is 297 g/mol. The molecule has 0 saturated carbocycles. The first-order valence-corrected chi connectivity index (χ1v) is 6.76.